The smallest absolute Gasteiger partial charge is 0.269 e. The number of aromatic nitrogens is 1. The number of hydrogen-bond donors (Lipinski definition) is 2. The second-order valence-corrected chi connectivity index (χ2v) is 6.48. The highest BCUT2D eigenvalue weighted by Crippen LogP contribution is 2.25. The number of non-ortho nitro benzene ring substituents is 1. The third-order valence-electron chi connectivity index (χ3n) is 3.74. The van der Waals surface area contributed by atoms with Gasteiger partial charge < -0.3 is 10.2 Å². The van der Waals surface area contributed by atoms with Gasteiger partial charge in [-0.05, 0) is 35.9 Å². The Kier molecular flexibility index (Phi) is 5.66. The predicted octanol–water partition coefficient (Wildman–Crippen LogP) is 3.50. The summed E-state index contributed by atoms with van der Waals surface area (Å²) in [5.74, 6) is -0.458. The summed E-state index contributed by atoms with van der Waals surface area (Å²) < 4.78 is 1.61. The molecule has 1 heterocycles. The van der Waals surface area contributed by atoms with E-state index in [1.54, 1.807) is 29.0 Å². The molecular formula is C19H16N4O4S. The maximum Gasteiger partial charge on any atom is 0.269 e. The summed E-state index contributed by atoms with van der Waals surface area (Å²) in [6.07, 6.45) is 3.19. The summed E-state index contributed by atoms with van der Waals surface area (Å²) in [6.45, 7) is 4.07. The van der Waals surface area contributed by atoms with Crippen LogP contribution in [-0.2, 0) is 0 Å². The van der Waals surface area contributed by atoms with Crippen LogP contribution in [-0.4, -0.2) is 32.6 Å². The van der Waals surface area contributed by atoms with Crippen molar-refractivity contribution in [2.45, 2.75) is 0 Å². The molecule has 0 saturated heterocycles. The predicted molar refractivity (Wildman–Crippen MR) is 108 cm³/mol. The summed E-state index contributed by atoms with van der Waals surface area (Å²) >= 11 is 1.37. The molecule has 0 radical (unpaired) electrons. The second-order valence-electron chi connectivity index (χ2n) is 5.64. The highest BCUT2D eigenvalue weighted by atomic mass is 32.1. The molecule has 0 aliphatic heterocycles. The zero-order chi connectivity index (χ0) is 20.1. The van der Waals surface area contributed by atoms with Crippen molar-refractivity contribution >= 4 is 23.2 Å². The maximum atomic E-state index is 10.9. The minimum Gasteiger partial charge on any atom is -0.504 e. The number of phenols is 2. The van der Waals surface area contributed by atoms with Crippen LogP contribution in [0.15, 0.2) is 70.6 Å². The highest BCUT2D eigenvalue weighted by Gasteiger charge is 2.10. The van der Waals surface area contributed by atoms with E-state index in [1.807, 2.05) is 5.38 Å². The fourth-order valence-corrected chi connectivity index (χ4v) is 3.21. The van der Waals surface area contributed by atoms with E-state index in [-0.39, 0.29) is 17.2 Å². The first-order valence-corrected chi connectivity index (χ1v) is 9.00. The molecule has 1 aromatic heterocycles. The fraction of sp³-hybridized carbons (Fsp3) is 0.0526. The molecule has 0 fully saturated rings. The lowest BCUT2D eigenvalue weighted by molar-refractivity contribution is -0.384. The standard InChI is InChI=1S/C19H16N4O4S/c1-2-9-20-19-22(21-11-13-3-8-17(24)18(25)10-13)16(12-28-19)14-4-6-15(7-5-14)23(26)27/h2-8,10-12,24-25H,1,9H2. The first kappa shape index (κ1) is 19.1. The average molecular weight is 396 g/mol. The molecule has 2 aromatic carbocycles. The molecule has 9 heteroatoms. The van der Waals surface area contributed by atoms with Crippen LogP contribution in [0.5, 0.6) is 11.5 Å². The van der Waals surface area contributed by atoms with Crippen molar-refractivity contribution < 1.29 is 15.1 Å². The highest BCUT2D eigenvalue weighted by molar-refractivity contribution is 7.07. The molecule has 0 bridgehead atoms. The molecule has 0 aliphatic rings. The molecule has 0 amide bonds. The number of nitro groups is 1. The normalized spacial score (nSPS) is 11.8. The minimum atomic E-state index is -0.453. The van der Waals surface area contributed by atoms with Crippen LogP contribution in [0.2, 0.25) is 0 Å². The average Bonchev–Trinajstić information content (AvgIpc) is 3.10. The molecule has 8 nitrogen and oxygen atoms in total. The van der Waals surface area contributed by atoms with Crippen LogP contribution in [0.1, 0.15) is 5.56 Å². The van der Waals surface area contributed by atoms with Crippen molar-refractivity contribution in [2.75, 3.05) is 6.54 Å². The summed E-state index contributed by atoms with van der Waals surface area (Å²) in [5.41, 5.74) is 2.04. The Labute approximate surface area is 163 Å². The van der Waals surface area contributed by atoms with Gasteiger partial charge in [-0.1, -0.05) is 6.08 Å². The Hall–Kier alpha value is -3.72. The number of hydrogen-bond acceptors (Lipinski definition) is 7. The first-order valence-electron chi connectivity index (χ1n) is 8.12. The van der Waals surface area contributed by atoms with Gasteiger partial charge in [0.25, 0.3) is 5.69 Å². The molecule has 3 aromatic rings. The Morgan fingerprint density at radius 2 is 1.93 bits per heavy atom. The van der Waals surface area contributed by atoms with E-state index in [0.29, 0.717) is 22.6 Å². The van der Waals surface area contributed by atoms with Gasteiger partial charge in [-0.2, -0.15) is 5.10 Å². The lowest BCUT2D eigenvalue weighted by Crippen LogP contribution is -2.12. The molecular weight excluding hydrogens is 380 g/mol. The maximum absolute atomic E-state index is 10.9. The van der Waals surface area contributed by atoms with E-state index in [1.165, 1.54) is 41.8 Å². The van der Waals surface area contributed by atoms with Gasteiger partial charge in [0, 0.05) is 23.1 Å². The number of thiazole rings is 1. The Morgan fingerprint density at radius 3 is 2.57 bits per heavy atom. The third kappa shape index (κ3) is 4.15. The lowest BCUT2D eigenvalue weighted by Gasteiger charge is -2.04. The van der Waals surface area contributed by atoms with Gasteiger partial charge >= 0.3 is 0 Å². The Morgan fingerprint density at radius 1 is 1.18 bits per heavy atom. The number of rotatable bonds is 6. The number of nitrogens with zero attached hydrogens (tertiary/aromatic N) is 4. The van der Waals surface area contributed by atoms with E-state index >= 15 is 0 Å². The van der Waals surface area contributed by atoms with Crippen LogP contribution in [0.25, 0.3) is 11.3 Å². The molecule has 28 heavy (non-hydrogen) atoms. The summed E-state index contributed by atoms with van der Waals surface area (Å²) in [5, 5.41) is 36.2. The van der Waals surface area contributed by atoms with E-state index in [4.69, 9.17) is 0 Å². The van der Waals surface area contributed by atoms with Gasteiger partial charge in [-0.15, -0.1) is 17.9 Å². The van der Waals surface area contributed by atoms with E-state index < -0.39 is 4.92 Å². The fourth-order valence-electron chi connectivity index (χ4n) is 2.36. The number of phenolic OH excluding ortho intramolecular Hbond substituents is 2. The lowest BCUT2D eigenvalue weighted by atomic mass is 10.1. The van der Waals surface area contributed by atoms with E-state index in [2.05, 4.69) is 16.7 Å². The minimum absolute atomic E-state index is 0.00478. The zero-order valence-electron chi connectivity index (χ0n) is 14.6. The topological polar surface area (TPSA) is 113 Å². The molecule has 3 rings (SSSR count). The van der Waals surface area contributed by atoms with Crippen molar-refractivity contribution in [3.8, 4) is 22.8 Å². The second kappa shape index (κ2) is 8.31. The molecule has 0 atom stereocenters. The van der Waals surface area contributed by atoms with Gasteiger partial charge in [-0.3, -0.25) is 15.1 Å². The van der Waals surface area contributed by atoms with Gasteiger partial charge in [-0.25, -0.2) is 4.68 Å². The van der Waals surface area contributed by atoms with Crippen LogP contribution in [0, 0.1) is 10.1 Å². The van der Waals surface area contributed by atoms with E-state index in [9.17, 15) is 20.3 Å². The van der Waals surface area contributed by atoms with Gasteiger partial charge in [0.1, 0.15) is 0 Å². The van der Waals surface area contributed by atoms with Crippen LogP contribution >= 0.6 is 11.3 Å². The van der Waals surface area contributed by atoms with E-state index in [0.717, 1.165) is 5.56 Å². The molecule has 0 unspecified atom stereocenters. The largest absolute Gasteiger partial charge is 0.504 e. The van der Waals surface area contributed by atoms with Crippen LogP contribution < -0.4 is 4.80 Å². The summed E-state index contributed by atoms with van der Waals surface area (Å²) in [4.78, 5) is 15.4. The van der Waals surface area contributed by atoms with Crippen molar-refractivity contribution in [3.63, 3.8) is 0 Å². The third-order valence-corrected chi connectivity index (χ3v) is 4.59. The Balaban J connectivity index is 2.05. The van der Waals surface area contributed by atoms with Crippen molar-refractivity contribution in [1.82, 2.24) is 4.68 Å². The molecule has 142 valence electrons. The van der Waals surface area contributed by atoms with Crippen LogP contribution in [0.3, 0.4) is 0 Å². The van der Waals surface area contributed by atoms with Crippen molar-refractivity contribution in [3.05, 3.63) is 81.0 Å². The van der Waals surface area contributed by atoms with Gasteiger partial charge in [0.15, 0.2) is 11.5 Å². The van der Waals surface area contributed by atoms with Gasteiger partial charge in [0.2, 0.25) is 4.80 Å². The zero-order valence-corrected chi connectivity index (χ0v) is 15.4. The number of aromatic hydroxyl groups is 2. The van der Waals surface area contributed by atoms with Gasteiger partial charge in [0.05, 0.1) is 23.4 Å². The first-order chi connectivity index (χ1) is 13.5. The molecule has 0 aliphatic carbocycles. The summed E-state index contributed by atoms with van der Waals surface area (Å²) in [6, 6.07) is 10.5. The van der Waals surface area contributed by atoms with Crippen LogP contribution in [0.4, 0.5) is 5.69 Å². The quantitative estimate of drug-likeness (QED) is 0.218. The monoisotopic (exact) mass is 396 g/mol. The molecule has 0 spiro atoms. The number of benzene rings is 2. The Bertz CT molecular complexity index is 1110. The molecule has 2 N–H and O–H groups in total. The number of nitro benzene ring substituents is 1. The molecule has 0 saturated carbocycles. The van der Waals surface area contributed by atoms with Crippen molar-refractivity contribution in [2.24, 2.45) is 10.1 Å². The van der Waals surface area contributed by atoms with Crippen molar-refractivity contribution in [1.29, 1.82) is 0 Å². The summed E-state index contributed by atoms with van der Waals surface area (Å²) in [7, 11) is 0. The SMILES string of the molecule is C=CCN=c1scc(-c2ccc([N+](=O)[O-])cc2)n1N=Cc1ccc(O)c(O)c1.